The quantitative estimate of drug-likeness (QED) is 0.677. The minimum absolute atomic E-state index is 0.0183. The lowest BCUT2D eigenvalue weighted by Gasteiger charge is -2.31. The number of aromatic nitrogens is 1. The third-order valence-electron chi connectivity index (χ3n) is 6.21. The standard InChI is InChI=1S/C23H30N6O4S/c1-17-14-22(30)25-19-6-4-5-7-20(19)29(17)23(31)16-27(3)21-9-8-18(15-24-21)34(32,33)28-12-10-26(2)11-13-28/h4-9,15,17H,10-14,16H2,1-3H3,(H,25,30)/t17-/m0/s1. The van der Waals surface area contributed by atoms with Gasteiger partial charge >= 0.3 is 0 Å². The van der Waals surface area contributed by atoms with E-state index in [2.05, 4.69) is 15.2 Å². The van der Waals surface area contributed by atoms with Crippen LogP contribution in [0.1, 0.15) is 13.3 Å². The molecule has 3 heterocycles. The van der Waals surface area contributed by atoms with Gasteiger partial charge in [0.2, 0.25) is 21.8 Å². The molecule has 34 heavy (non-hydrogen) atoms. The highest BCUT2D eigenvalue weighted by Crippen LogP contribution is 2.31. The van der Waals surface area contributed by atoms with Gasteiger partial charge < -0.3 is 20.0 Å². The minimum Gasteiger partial charge on any atom is -0.350 e. The van der Waals surface area contributed by atoms with E-state index < -0.39 is 10.0 Å². The molecular formula is C23H30N6O4S. The number of nitrogens with zero attached hydrogens (tertiary/aromatic N) is 5. The van der Waals surface area contributed by atoms with Crippen molar-refractivity contribution in [3.63, 3.8) is 0 Å². The van der Waals surface area contributed by atoms with Gasteiger partial charge in [0.25, 0.3) is 0 Å². The van der Waals surface area contributed by atoms with E-state index in [-0.39, 0.29) is 35.7 Å². The topological polar surface area (TPSA) is 106 Å². The van der Waals surface area contributed by atoms with Crippen LogP contribution in [0.5, 0.6) is 0 Å². The summed E-state index contributed by atoms with van der Waals surface area (Å²) in [5.41, 5.74) is 1.25. The van der Waals surface area contributed by atoms with E-state index >= 15 is 0 Å². The Morgan fingerprint density at radius 2 is 1.85 bits per heavy atom. The number of hydrogen-bond acceptors (Lipinski definition) is 7. The second kappa shape index (κ2) is 9.69. The van der Waals surface area contributed by atoms with Crippen LogP contribution in [0.2, 0.25) is 0 Å². The van der Waals surface area contributed by atoms with Crippen LogP contribution in [0.3, 0.4) is 0 Å². The van der Waals surface area contributed by atoms with Gasteiger partial charge in [0.1, 0.15) is 10.7 Å². The first-order valence-corrected chi connectivity index (χ1v) is 12.7. The van der Waals surface area contributed by atoms with Gasteiger partial charge in [-0.2, -0.15) is 4.31 Å². The van der Waals surface area contributed by atoms with Crippen molar-refractivity contribution < 1.29 is 18.0 Å². The molecule has 0 bridgehead atoms. The number of nitrogens with one attached hydrogen (secondary N) is 1. The van der Waals surface area contributed by atoms with E-state index in [1.807, 2.05) is 32.2 Å². The zero-order valence-electron chi connectivity index (χ0n) is 19.6. The van der Waals surface area contributed by atoms with Crippen molar-refractivity contribution in [2.24, 2.45) is 0 Å². The average Bonchev–Trinajstić information content (AvgIpc) is 2.93. The van der Waals surface area contributed by atoms with Crippen LogP contribution in [0.25, 0.3) is 0 Å². The molecule has 2 aliphatic heterocycles. The normalized spacial score (nSPS) is 19.8. The number of likely N-dealkylation sites (N-methyl/N-ethyl adjacent to an activating group) is 2. The lowest BCUT2D eigenvalue weighted by atomic mass is 10.1. The molecular weight excluding hydrogens is 456 g/mol. The van der Waals surface area contributed by atoms with Crippen molar-refractivity contribution >= 4 is 39.0 Å². The van der Waals surface area contributed by atoms with Crippen LogP contribution in [0.15, 0.2) is 47.5 Å². The molecule has 0 aliphatic carbocycles. The van der Waals surface area contributed by atoms with Crippen molar-refractivity contribution in [1.82, 2.24) is 14.2 Å². The lowest BCUT2D eigenvalue weighted by Crippen LogP contribution is -2.47. The van der Waals surface area contributed by atoms with Crippen molar-refractivity contribution in [2.45, 2.75) is 24.3 Å². The van der Waals surface area contributed by atoms with Crippen LogP contribution in [0, 0.1) is 0 Å². The summed E-state index contributed by atoms with van der Waals surface area (Å²) >= 11 is 0. The van der Waals surface area contributed by atoms with Gasteiger partial charge in [-0.25, -0.2) is 13.4 Å². The summed E-state index contributed by atoms with van der Waals surface area (Å²) < 4.78 is 27.3. The molecule has 2 aliphatic rings. The van der Waals surface area contributed by atoms with Gasteiger partial charge in [-0.1, -0.05) is 12.1 Å². The summed E-state index contributed by atoms with van der Waals surface area (Å²) in [6, 6.07) is 10.1. The van der Waals surface area contributed by atoms with Gasteiger partial charge in [0.05, 0.1) is 17.9 Å². The minimum atomic E-state index is -3.61. The fraction of sp³-hybridized carbons (Fsp3) is 0.435. The molecule has 0 spiro atoms. The highest BCUT2D eigenvalue weighted by atomic mass is 32.2. The second-order valence-corrected chi connectivity index (χ2v) is 10.7. The maximum absolute atomic E-state index is 13.3. The SMILES string of the molecule is C[C@H]1CC(=O)Nc2ccccc2N1C(=O)CN(C)c1ccc(S(=O)(=O)N2CCN(C)CC2)cn1. The highest BCUT2D eigenvalue weighted by molar-refractivity contribution is 7.89. The van der Waals surface area contributed by atoms with Crippen molar-refractivity contribution in [3.05, 3.63) is 42.6 Å². The number of para-hydroxylation sites is 2. The molecule has 10 nitrogen and oxygen atoms in total. The first kappa shape index (κ1) is 24.1. The Balaban J connectivity index is 1.48. The molecule has 0 unspecified atom stereocenters. The first-order valence-electron chi connectivity index (χ1n) is 11.2. The molecule has 2 amide bonds. The number of amides is 2. The van der Waals surface area contributed by atoms with Crippen molar-refractivity contribution in [3.8, 4) is 0 Å². The summed E-state index contributed by atoms with van der Waals surface area (Å²) in [5, 5.41) is 2.85. The number of carbonyl (C=O) groups is 2. The van der Waals surface area contributed by atoms with Gasteiger partial charge in [-0.15, -0.1) is 0 Å². The van der Waals surface area contributed by atoms with Crippen molar-refractivity contribution in [2.75, 3.05) is 61.9 Å². The zero-order valence-corrected chi connectivity index (χ0v) is 20.5. The Hall–Kier alpha value is -3.02. The molecule has 1 N–H and O–H groups in total. The number of sulfonamides is 1. The molecule has 4 rings (SSSR count). The number of hydrogen-bond donors (Lipinski definition) is 1. The molecule has 1 aromatic heterocycles. The fourth-order valence-electron chi connectivity index (χ4n) is 4.26. The van der Waals surface area contributed by atoms with Gasteiger partial charge in [0.15, 0.2) is 0 Å². The predicted molar refractivity (Wildman–Crippen MR) is 130 cm³/mol. The van der Waals surface area contributed by atoms with Crippen LogP contribution >= 0.6 is 0 Å². The number of rotatable bonds is 5. The number of piperazine rings is 1. The zero-order chi connectivity index (χ0) is 24.5. The third-order valence-corrected chi connectivity index (χ3v) is 8.09. The summed E-state index contributed by atoms with van der Waals surface area (Å²) in [7, 11) is 0.0914. The summed E-state index contributed by atoms with van der Waals surface area (Å²) in [6.07, 6.45) is 1.54. The summed E-state index contributed by atoms with van der Waals surface area (Å²) in [5.74, 6) is 0.160. The van der Waals surface area contributed by atoms with E-state index in [1.54, 1.807) is 29.0 Å². The highest BCUT2D eigenvalue weighted by Gasteiger charge is 2.31. The Kier molecular flexibility index (Phi) is 6.87. The van der Waals surface area contributed by atoms with Crippen LogP contribution < -0.4 is 15.1 Å². The van der Waals surface area contributed by atoms with E-state index in [4.69, 9.17) is 0 Å². The number of carbonyl (C=O) groups excluding carboxylic acids is 2. The number of pyridine rings is 1. The van der Waals surface area contributed by atoms with E-state index in [9.17, 15) is 18.0 Å². The first-order chi connectivity index (χ1) is 16.2. The summed E-state index contributed by atoms with van der Waals surface area (Å²) in [4.78, 5) is 35.3. The molecule has 1 atom stereocenters. The van der Waals surface area contributed by atoms with Crippen molar-refractivity contribution in [1.29, 1.82) is 0 Å². The van der Waals surface area contributed by atoms with Crippen LogP contribution in [-0.2, 0) is 19.6 Å². The molecule has 2 aromatic rings. The lowest BCUT2D eigenvalue weighted by molar-refractivity contribution is -0.118. The Labute approximate surface area is 200 Å². The van der Waals surface area contributed by atoms with Gasteiger partial charge in [-0.3, -0.25) is 9.59 Å². The van der Waals surface area contributed by atoms with E-state index in [0.29, 0.717) is 43.4 Å². The molecule has 182 valence electrons. The third kappa shape index (κ3) is 4.91. The Morgan fingerprint density at radius 1 is 1.15 bits per heavy atom. The largest absolute Gasteiger partial charge is 0.350 e. The second-order valence-electron chi connectivity index (χ2n) is 8.80. The number of anilines is 3. The molecule has 11 heteroatoms. The predicted octanol–water partition coefficient (Wildman–Crippen LogP) is 1.22. The van der Waals surface area contributed by atoms with Crippen LogP contribution in [-0.4, -0.2) is 87.3 Å². The smallest absolute Gasteiger partial charge is 0.246 e. The Bertz CT molecular complexity index is 1160. The molecule has 1 aromatic carbocycles. The maximum Gasteiger partial charge on any atom is 0.246 e. The maximum atomic E-state index is 13.3. The monoisotopic (exact) mass is 486 g/mol. The summed E-state index contributed by atoms with van der Waals surface area (Å²) in [6.45, 7) is 4.13. The fourth-order valence-corrected chi connectivity index (χ4v) is 5.62. The number of benzene rings is 1. The molecule has 0 radical (unpaired) electrons. The van der Waals surface area contributed by atoms with Crippen LogP contribution in [0.4, 0.5) is 17.2 Å². The van der Waals surface area contributed by atoms with Gasteiger partial charge in [0, 0.05) is 51.9 Å². The Morgan fingerprint density at radius 3 is 2.53 bits per heavy atom. The number of fused-ring (bicyclic) bond motifs is 1. The average molecular weight is 487 g/mol. The molecule has 1 saturated heterocycles. The molecule has 1 fully saturated rings. The van der Waals surface area contributed by atoms with E-state index in [1.165, 1.54) is 16.6 Å². The molecule has 0 saturated carbocycles. The van der Waals surface area contributed by atoms with E-state index in [0.717, 1.165) is 0 Å². The van der Waals surface area contributed by atoms with Gasteiger partial charge in [-0.05, 0) is 38.2 Å².